The number of benzene rings is 2. The molecule has 0 amide bonds. The normalized spacial score (nSPS) is 12.6. The maximum Gasteiger partial charge on any atom is 1.00 e. The van der Waals surface area contributed by atoms with E-state index in [1.165, 1.54) is 0 Å². The molecule has 2 aromatic carbocycles. The van der Waals surface area contributed by atoms with E-state index in [1.54, 1.807) is 0 Å². The fraction of sp³-hybridized carbons (Fsp3) is 0. The summed E-state index contributed by atoms with van der Waals surface area (Å²) in [6, 6.07) is 1.69. The van der Waals surface area contributed by atoms with Crippen LogP contribution in [0.4, 0.5) is 5.69 Å². The Kier molecular flexibility index (Phi) is 6.24. The minimum Gasteiger partial charge on any atom is -0.282 e. The molecule has 0 atom stereocenters. The van der Waals surface area contributed by atoms with Crippen molar-refractivity contribution in [3.63, 3.8) is 0 Å². The number of hydrogen-bond donors (Lipinski definition) is 3. The molecule has 0 unspecified atom stereocenters. The van der Waals surface area contributed by atoms with Crippen LogP contribution in [0.1, 0.15) is 0 Å². The van der Waals surface area contributed by atoms with Crippen molar-refractivity contribution < 1.29 is 73.4 Å². The molecule has 136 valence electrons. The van der Waals surface area contributed by atoms with Gasteiger partial charge < -0.3 is 0 Å². The summed E-state index contributed by atoms with van der Waals surface area (Å²) in [5, 5.41) is 9.68. The Morgan fingerprint density at radius 2 is 1.19 bits per heavy atom. The number of fused-ring (bicyclic) bond motifs is 1. The topological polar surface area (TPSA) is 206 Å². The molecule has 2 aromatic rings. The van der Waals surface area contributed by atoms with Gasteiger partial charge in [0, 0.05) is 6.07 Å². The molecule has 0 saturated carbocycles. The van der Waals surface area contributed by atoms with Gasteiger partial charge in [-0.15, -0.1) is 0 Å². The van der Waals surface area contributed by atoms with Crippen LogP contribution in [0.3, 0.4) is 0 Å². The van der Waals surface area contributed by atoms with Gasteiger partial charge in [0.1, 0.15) is 9.79 Å². The quantitative estimate of drug-likeness (QED) is 0.197. The molecular weight excluding hydrogens is 429 g/mol. The van der Waals surface area contributed by atoms with Gasteiger partial charge in [-0.2, -0.15) is 25.3 Å². The number of nitro benzene ring substituents is 1. The van der Waals surface area contributed by atoms with Gasteiger partial charge in [0.05, 0.1) is 15.2 Å². The van der Waals surface area contributed by atoms with E-state index in [-0.39, 0.29) is 35.6 Å². The van der Waals surface area contributed by atoms with Crippen LogP contribution in [0.15, 0.2) is 39.0 Å². The second-order valence-electron chi connectivity index (χ2n) is 4.64. The summed E-state index contributed by atoms with van der Waals surface area (Å²) in [6.45, 7) is 0. The molecule has 3 N–H and O–H groups in total. The second kappa shape index (κ2) is 7.10. The van der Waals surface area contributed by atoms with Gasteiger partial charge in [-0.1, -0.05) is 0 Å². The predicted octanol–water partition coefficient (Wildman–Crippen LogP) is -2.51. The maximum atomic E-state index is 11.5. The molecule has 0 saturated heterocycles. The van der Waals surface area contributed by atoms with Crippen molar-refractivity contribution >= 4 is 46.8 Å². The average molecular weight is 436 g/mol. The van der Waals surface area contributed by atoms with Crippen LogP contribution in [0.25, 0.3) is 10.8 Å². The number of hydrogen-bond acceptors (Lipinski definition) is 8. The first-order chi connectivity index (χ1) is 11.1. The van der Waals surface area contributed by atoms with Crippen molar-refractivity contribution in [2.75, 3.05) is 0 Å². The van der Waals surface area contributed by atoms with Gasteiger partial charge >= 0.3 is 29.6 Å². The zero-order chi connectivity index (χ0) is 19.4. The summed E-state index contributed by atoms with van der Waals surface area (Å²) in [7, 11) is -15.2. The zero-order valence-corrected chi connectivity index (χ0v) is 17.0. The van der Waals surface area contributed by atoms with Crippen molar-refractivity contribution in [2.45, 2.75) is 14.7 Å². The second-order valence-corrected chi connectivity index (χ2v) is 8.88. The summed E-state index contributed by atoms with van der Waals surface area (Å²) >= 11 is 0. The van der Waals surface area contributed by atoms with Crippen LogP contribution in [-0.4, -0.2) is 43.8 Å². The van der Waals surface area contributed by atoms with E-state index < -0.39 is 66.4 Å². The molecule has 0 fully saturated rings. The molecular formula is C10H7NNaO11S3+. The van der Waals surface area contributed by atoms with Crippen LogP contribution >= 0.6 is 0 Å². The van der Waals surface area contributed by atoms with Crippen LogP contribution in [0.5, 0.6) is 0 Å². The third-order valence-corrected chi connectivity index (χ3v) is 5.55. The monoisotopic (exact) mass is 436 g/mol. The Bertz CT molecular complexity index is 1230. The summed E-state index contributed by atoms with van der Waals surface area (Å²) in [5.41, 5.74) is -1.14. The molecule has 0 aliphatic carbocycles. The maximum absolute atomic E-state index is 11.5. The SMILES string of the molecule is O=[N+]([O-])c1cc(S(=O)(=O)O)cc2cc(S(=O)(=O)O)cc(S(=O)(=O)O)c12.[Na+]. The van der Waals surface area contributed by atoms with Gasteiger partial charge in [-0.05, 0) is 23.6 Å². The average Bonchev–Trinajstić information content (AvgIpc) is 2.41. The molecule has 0 spiro atoms. The van der Waals surface area contributed by atoms with Crippen LogP contribution in [-0.2, 0) is 30.4 Å². The van der Waals surface area contributed by atoms with Crippen molar-refractivity contribution in [1.82, 2.24) is 0 Å². The van der Waals surface area contributed by atoms with Crippen LogP contribution in [0, 0.1) is 10.1 Å². The fourth-order valence-electron chi connectivity index (χ4n) is 2.05. The van der Waals surface area contributed by atoms with Crippen LogP contribution in [0.2, 0.25) is 0 Å². The molecule has 0 aliphatic heterocycles. The number of rotatable bonds is 4. The first-order valence-electron chi connectivity index (χ1n) is 5.81. The van der Waals surface area contributed by atoms with E-state index in [4.69, 9.17) is 9.11 Å². The van der Waals surface area contributed by atoms with Gasteiger partial charge in [-0.25, -0.2) is 0 Å². The third kappa shape index (κ3) is 4.56. The Hall–Kier alpha value is -1.17. The molecule has 12 nitrogen and oxygen atoms in total. The summed E-state index contributed by atoms with van der Waals surface area (Å²) in [5.74, 6) is 0. The number of nitrogens with zero attached hydrogens (tertiary/aromatic N) is 1. The van der Waals surface area contributed by atoms with Gasteiger partial charge in [0.15, 0.2) is 0 Å². The fourth-order valence-corrected chi connectivity index (χ4v) is 3.96. The van der Waals surface area contributed by atoms with Crippen molar-refractivity contribution in [3.05, 3.63) is 34.4 Å². The molecule has 0 bridgehead atoms. The van der Waals surface area contributed by atoms with Crippen LogP contribution < -0.4 is 29.6 Å². The number of non-ortho nitro benzene ring substituents is 1. The van der Waals surface area contributed by atoms with Crippen molar-refractivity contribution in [3.8, 4) is 0 Å². The predicted molar refractivity (Wildman–Crippen MR) is 80.0 cm³/mol. The van der Waals surface area contributed by atoms with Gasteiger partial charge in [-0.3, -0.25) is 23.8 Å². The van der Waals surface area contributed by atoms with E-state index in [2.05, 4.69) is 0 Å². The summed E-state index contributed by atoms with van der Waals surface area (Å²) < 4.78 is 95.1. The van der Waals surface area contributed by atoms with E-state index in [9.17, 15) is 39.9 Å². The molecule has 2 rings (SSSR count). The Morgan fingerprint density at radius 1 is 0.769 bits per heavy atom. The van der Waals surface area contributed by atoms with E-state index in [0.29, 0.717) is 18.2 Å². The zero-order valence-electron chi connectivity index (χ0n) is 12.6. The summed E-state index contributed by atoms with van der Waals surface area (Å²) in [4.78, 5) is 6.60. The van der Waals surface area contributed by atoms with Crippen molar-refractivity contribution in [1.29, 1.82) is 0 Å². The largest absolute Gasteiger partial charge is 1.00 e. The standard InChI is InChI=1S/C10H7NO11S3.Na/c12-11(13)8-3-6(23(14,15)16)1-5-2-7(24(17,18)19)4-9(10(5)8)25(20,21)22;/h1-4H,(H,14,15,16)(H,17,18,19)(H,20,21,22);/q;+1. The van der Waals surface area contributed by atoms with E-state index >= 15 is 0 Å². The third-order valence-electron chi connectivity index (χ3n) is 3.01. The van der Waals surface area contributed by atoms with E-state index in [0.717, 1.165) is 0 Å². The minimum atomic E-state index is -5.21. The first kappa shape index (κ1) is 22.9. The molecule has 0 radical (unpaired) electrons. The van der Waals surface area contributed by atoms with E-state index in [1.807, 2.05) is 0 Å². The molecule has 0 heterocycles. The summed E-state index contributed by atoms with van der Waals surface area (Å²) in [6.07, 6.45) is 0. The molecule has 0 aliphatic rings. The minimum absolute atomic E-state index is 0. The molecule has 16 heteroatoms. The Labute approximate surface area is 168 Å². The first-order valence-corrected chi connectivity index (χ1v) is 10.1. The smallest absolute Gasteiger partial charge is 0.282 e. The Balaban J connectivity index is 0.00000338. The number of nitro groups is 1. The molecule has 0 aromatic heterocycles. The van der Waals surface area contributed by atoms with Crippen molar-refractivity contribution in [2.24, 2.45) is 0 Å². The van der Waals surface area contributed by atoms with Gasteiger partial charge in [0.2, 0.25) is 0 Å². The molecule has 26 heavy (non-hydrogen) atoms. The van der Waals surface area contributed by atoms with Gasteiger partial charge in [0.25, 0.3) is 36.0 Å². The Morgan fingerprint density at radius 3 is 1.54 bits per heavy atom.